The van der Waals surface area contributed by atoms with Gasteiger partial charge in [-0.1, -0.05) is 13.8 Å². The van der Waals surface area contributed by atoms with E-state index in [1.807, 2.05) is 13.8 Å². The van der Waals surface area contributed by atoms with Crippen LogP contribution in [0.5, 0.6) is 0 Å². The second-order valence-corrected chi connectivity index (χ2v) is 4.01. The summed E-state index contributed by atoms with van der Waals surface area (Å²) >= 11 is 0. The Labute approximate surface area is 93.8 Å². The van der Waals surface area contributed by atoms with Crippen molar-refractivity contribution in [1.82, 2.24) is 0 Å². The van der Waals surface area contributed by atoms with E-state index in [1.165, 1.54) is 12.1 Å². The minimum atomic E-state index is -0.599. The second kappa shape index (κ2) is 4.83. The molecule has 0 bridgehead atoms. The Bertz CT molecular complexity index is 393. The number of carbonyl (C=O) groups excluding carboxylic acids is 1. The Morgan fingerprint density at radius 3 is 2.50 bits per heavy atom. The van der Waals surface area contributed by atoms with Gasteiger partial charge in [0.25, 0.3) is 0 Å². The Kier molecular flexibility index (Phi) is 3.71. The Morgan fingerprint density at radius 1 is 1.44 bits per heavy atom. The Morgan fingerprint density at radius 2 is 2.06 bits per heavy atom. The van der Waals surface area contributed by atoms with Crippen LogP contribution < -0.4 is 16.8 Å². The number of anilines is 2. The summed E-state index contributed by atoms with van der Waals surface area (Å²) in [5.74, 6) is -1.02. The summed E-state index contributed by atoms with van der Waals surface area (Å²) in [6, 6.07) is 3.64. The van der Waals surface area contributed by atoms with Crippen LogP contribution in [0.4, 0.5) is 15.8 Å². The number of primary amides is 1. The molecule has 0 aromatic heterocycles. The fourth-order valence-corrected chi connectivity index (χ4v) is 1.38. The lowest BCUT2D eigenvalue weighted by Gasteiger charge is -2.20. The first-order valence-corrected chi connectivity index (χ1v) is 5.02. The maximum atomic E-state index is 13.4. The van der Waals surface area contributed by atoms with Gasteiger partial charge in [0.2, 0.25) is 5.91 Å². The van der Waals surface area contributed by atoms with Crippen molar-refractivity contribution in [3.63, 3.8) is 0 Å². The van der Waals surface area contributed by atoms with E-state index >= 15 is 0 Å². The van der Waals surface area contributed by atoms with Gasteiger partial charge in [0.15, 0.2) is 0 Å². The van der Waals surface area contributed by atoms with Crippen molar-refractivity contribution in [2.75, 3.05) is 11.1 Å². The number of benzene rings is 1. The molecule has 0 spiro atoms. The SMILES string of the molecule is CC(C)C(Nc1ccc(N)cc1F)C(N)=O. The zero-order chi connectivity index (χ0) is 12.3. The standard InChI is InChI=1S/C11H16FN3O/c1-6(2)10(11(14)16)15-9-4-3-7(13)5-8(9)12/h3-6,10,15H,13H2,1-2H3,(H2,14,16). The lowest BCUT2D eigenvalue weighted by atomic mass is 10.0. The second-order valence-electron chi connectivity index (χ2n) is 4.01. The van der Waals surface area contributed by atoms with E-state index < -0.39 is 17.8 Å². The van der Waals surface area contributed by atoms with E-state index in [0.717, 1.165) is 0 Å². The molecular formula is C11H16FN3O. The fourth-order valence-electron chi connectivity index (χ4n) is 1.38. The van der Waals surface area contributed by atoms with Crippen LogP contribution in [0.1, 0.15) is 13.8 Å². The molecule has 0 aliphatic carbocycles. The molecule has 1 aromatic carbocycles. The van der Waals surface area contributed by atoms with Crippen LogP contribution in [0.3, 0.4) is 0 Å². The monoisotopic (exact) mass is 225 g/mol. The van der Waals surface area contributed by atoms with Gasteiger partial charge < -0.3 is 16.8 Å². The average Bonchev–Trinajstić information content (AvgIpc) is 2.15. The van der Waals surface area contributed by atoms with Crippen molar-refractivity contribution in [2.24, 2.45) is 11.7 Å². The highest BCUT2D eigenvalue weighted by atomic mass is 19.1. The molecule has 0 saturated carbocycles. The van der Waals surface area contributed by atoms with Crippen LogP contribution in [-0.4, -0.2) is 11.9 Å². The maximum Gasteiger partial charge on any atom is 0.240 e. The van der Waals surface area contributed by atoms with Crippen LogP contribution in [-0.2, 0) is 4.79 Å². The maximum absolute atomic E-state index is 13.4. The molecule has 16 heavy (non-hydrogen) atoms. The molecule has 4 nitrogen and oxygen atoms in total. The third-order valence-corrected chi connectivity index (χ3v) is 2.28. The smallest absolute Gasteiger partial charge is 0.240 e. The lowest BCUT2D eigenvalue weighted by Crippen LogP contribution is -2.39. The van der Waals surface area contributed by atoms with E-state index in [9.17, 15) is 9.18 Å². The van der Waals surface area contributed by atoms with E-state index in [4.69, 9.17) is 11.5 Å². The fraction of sp³-hybridized carbons (Fsp3) is 0.364. The molecule has 1 atom stereocenters. The topological polar surface area (TPSA) is 81.1 Å². The van der Waals surface area contributed by atoms with Crippen LogP contribution in [0.25, 0.3) is 0 Å². The largest absolute Gasteiger partial charge is 0.399 e. The van der Waals surface area contributed by atoms with Crippen molar-refractivity contribution >= 4 is 17.3 Å². The predicted molar refractivity (Wildman–Crippen MR) is 62.3 cm³/mol. The van der Waals surface area contributed by atoms with Gasteiger partial charge in [-0.05, 0) is 24.1 Å². The number of carbonyl (C=O) groups is 1. The van der Waals surface area contributed by atoms with Gasteiger partial charge in [0.1, 0.15) is 11.9 Å². The first-order chi connectivity index (χ1) is 7.41. The first-order valence-electron chi connectivity index (χ1n) is 5.02. The van der Waals surface area contributed by atoms with Gasteiger partial charge in [-0.3, -0.25) is 4.79 Å². The van der Waals surface area contributed by atoms with E-state index in [-0.39, 0.29) is 11.6 Å². The molecule has 0 fully saturated rings. The average molecular weight is 225 g/mol. The molecule has 1 unspecified atom stereocenters. The van der Waals surface area contributed by atoms with Crippen molar-refractivity contribution in [1.29, 1.82) is 0 Å². The summed E-state index contributed by atoms with van der Waals surface area (Å²) in [6.45, 7) is 3.66. The number of nitrogens with two attached hydrogens (primary N) is 2. The Balaban J connectivity index is 2.90. The summed E-state index contributed by atoms with van der Waals surface area (Å²) in [6.07, 6.45) is 0. The number of hydrogen-bond acceptors (Lipinski definition) is 3. The molecule has 1 rings (SSSR count). The predicted octanol–water partition coefficient (Wildman–Crippen LogP) is 1.33. The number of halogens is 1. The third-order valence-electron chi connectivity index (χ3n) is 2.28. The lowest BCUT2D eigenvalue weighted by molar-refractivity contribution is -0.119. The highest BCUT2D eigenvalue weighted by Crippen LogP contribution is 2.19. The number of hydrogen-bond donors (Lipinski definition) is 3. The van der Waals surface area contributed by atoms with Gasteiger partial charge in [-0.2, -0.15) is 0 Å². The summed E-state index contributed by atoms with van der Waals surface area (Å²) in [4.78, 5) is 11.1. The van der Waals surface area contributed by atoms with Crippen LogP contribution in [0, 0.1) is 11.7 Å². The highest BCUT2D eigenvalue weighted by molar-refractivity contribution is 5.83. The molecular weight excluding hydrogens is 209 g/mol. The van der Waals surface area contributed by atoms with E-state index in [1.54, 1.807) is 6.07 Å². The molecule has 0 radical (unpaired) electrons. The number of nitrogens with one attached hydrogen (secondary N) is 1. The van der Waals surface area contributed by atoms with E-state index in [0.29, 0.717) is 5.69 Å². The van der Waals surface area contributed by atoms with Crippen molar-refractivity contribution < 1.29 is 9.18 Å². The van der Waals surface area contributed by atoms with Gasteiger partial charge in [-0.25, -0.2) is 4.39 Å². The normalized spacial score (nSPS) is 12.5. The number of nitrogen functional groups attached to an aromatic ring is 1. The molecule has 5 heteroatoms. The van der Waals surface area contributed by atoms with Gasteiger partial charge >= 0.3 is 0 Å². The van der Waals surface area contributed by atoms with Crippen molar-refractivity contribution in [3.8, 4) is 0 Å². The zero-order valence-electron chi connectivity index (χ0n) is 9.33. The molecule has 1 amide bonds. The summed E-state index contributed by atoms with van der Waals surface area (Å²) < 4.78 is 13.4. The molecule has 0 aliphatic heterocycles. The minimum absolute atomic E-state index is 0.0190. The van der Waals surface area contributed by atoms with E-state index in [2.05, 4.69) is 5.32 Å². The molecule has 88 valence electrons. The third kappa shape index (κ3) is 2.85. The minimum Gasteiger partial charge on any atom is -0.399 e. The van der Waals surface area contributed by atoms with Crippen LogP contribution in [0.15, 0.2) is 18.2 Å². The molecule has 0 saturated heterocycles. The quantitative estimate of drug-likeness (QED) is 0.676. The van der Waals surface area contributed by atoms with Gasteiger partial charge in [0.05, 0.1) is 5.69 Å². The van der Waals surface area contributed by atoms with Gasteiger partial charge in [0, 0.05) is 5.69 Å². The summed E-state index contributed by atoms with van der Waals surface area (Å²) in [7, 11) is 0. The summed E-state index contributed by atoms with van der Waals surface area (Å²) in [5, 5.41) is 2.77. The zero-order valence-corrected chi connectivity index (χ0v) is 9.33. The first kappa shape index (κ1) is 12.3. The summed E-state index contributed by atoms with van der Waals surface area (Å²) in [5.41, 5.74) is 11.2. The molecule has 0 aliphatic rings. The molecule has 5 N–H and O–H groups in total. The van der Waals surface area contributed by atoms with Crippen molar-refractivity contribution in [3.05, 3.63) is 24.0 Å². The highest BCUT2D eigenvalue weighted by Gasteiger charge is 2.20. The van der Waals surface area contributed by atoms with Gasteiger partial charge in [-0.15, -0.1) is 0 Å². The molecule has 1 aromatic rings. The molecule has 0 heterocycles. The Hall–Kier alpha value is -1.78. The number of amides is 1. The number of rotatable bonds is 4. The van der Waals surface area contributed by atoms with Crippen LogP contribution >= 0.6 is 0 Å². The van der Waals surface area contributed by atoms with Crippen molar-refractivity contribution in [2.45, 2.75) is 19.9 Å². The van der Waals surface area contributed by atoms with Crippen LogP contribution in [0.2, 0.25) is 0 Å².